The molecule has 1 fully saturated rings. The van der Waals surface area contributed by atoms with Crippen molar-refractivity contribution in [2.45, 2.75) is 22.4 Å². The van der Waals surface area contributed by atoms with E-state index in [1.807, 2.05) is 12.1 Å². The van der Waals surface area contributed by atoms with Crippen molar-refractivity contribution in [2.75, 3.05) is 51.6 Å². The lowest BCUT2D eigenvalue weighted by atomic mass is 10.2. The highest BCUT2D eigenvalue weighted by Crippen LogP contribution is 2.37. The zero-order valence-corrected chi connectivity index (χ0v) is 17.9. The van der Waals surface area contributed by atoms with Crippen molar-refractivity contribution in [1.29, 1.82) is 0 Å². The molecule has 158 valence electrons. The van der Waals surface area contributed by atoms with Gasteiger partial charge in [0.25, 0.3) is 0 Å². The van der Waals surface area contributed by atoms with Gasteiger partial charge in [-0.25, -0.2) is 0 Å². The average Bonchev–Trinajstić information content (AvgIpc) is 2.68. The summed E-state index contributed by atoms with van der Waals surface area (Å²) in [6.07, 6.45) is -3.30. The molecule has 1 saturated heterocycles. The van der Waals surface area contributed by atoms with Crippen LogP contribution in [0.1, 0.15) is 12.0 Å². The van der Waals surface area contributed by atoms with Gasteiger partial charge in [-0.1, -0.05) is 23.4 Å². The number of benzene rings is 2. The van der Waals surface area contributed by atoms with Crippen LogP contribution in [0.2, 0.25) is 5.02 Å². The van der Waals surface area contributed by atoms with Gasteiger partial charge >= 0.3 is 6.18 Å². The zero-order valence-electron chi connectivity index (χ0n) is 16.3. The maximum atomic E-state index is 12.7. The van der Waals surface area contributed by atoms with Gasteiger partial charge in [-0.3, -0.25) is 0 Å². The van der Waals surface area contributed by atoms with E-state index in [9.17, 15) is 13.2 Å². The molecule has 8 heteroatoms. The Kier molecular flexibility index (Phi) is 7.73. The number of nitrogens with zero attached hydrogens (tertiary/aromatic N) is 2. The van der Waals surface area contributed by atoms with E-state index in [0.717, 1.165) is 73.3 Å². The third-order valence-electron chi connectivity index (χ3n) is 4.91. The number of rotatable bonds is 7. The number of alkyl halides is 3. The summed E-state index contributed by atoms with van der Waals surface area (Å²) in [5, 5.41) is 4.06. The lowest BCUT2D eigenvalue weighted by Gasteiger charge is -2.32. The molecule has 3 rings (SSSR count). The second-order valence-electron chi connectivity index (χ2n) is 7.19. The van der Waals surface area contributed by atoms with Crippen molar-refractivity contribution < 1.29 is 13.2 Å². The molecule has 0 aliphatic carbocycles. The number of nitrogens with one attached hydrogen (secondary N) is 1. The van der Waals surface area contributed by atoms with Crippen LogP contribution in [0.5, 0.6) is 0 Å². The Hall–Kier alpha value is -1.41. The van der Waals surface area contributed by atoms with Crippen LogP contribution in [0.4, 0.5) is 18.9 Å². The summed E-state index contributed by atoms with van der Waals surface area (Å²) in [7, 11) is 2.15. The third kappa shape index (κ3) is 6.81. The second kappa shape index (κ2) is 10.1. The Labute approximate surface area is 179 Å². The van der Waals surface area contributed by atoms with Gasteiger partial charge in [-0.05, 0) is 62.5 Å². The van der Waals surface area contributed by atoms with E-state index < -0.39 is 11.7 Å². The molecule has 1 aliphatic rings. The fraction of sp³-hybridized carbons (Fsp3) is 0.429. The van der Waals surface area contributed by atoms with Crippen molar-refractivity contribution >= 4 is 29.1 Å². The Bertz CT molecular complexity index is 791. The Morgan fingerprint density at radius 1 is 1.03 bits per heavy atom. The zero-order chi connectivity index (χ0) is 20.9. The van der Waals surface area contributed by atoms with E-state index in [-0.39, 0.29) is 0 Å². The molecule has 29 heavy (non-hydrogen) atoms. The van der Waals surface area contributed by atoms with Gasteiger partial charge < -0.3 is 15.1 Å². The number of anilines is 1. The molecule has 0 amide bonds. The highest BCUT2D eigenvalue weighted by atomic mass is 35.5. The molecule has 0 unspecified atom stereocenters. The summed E-state index contributed by atoms with van der Waals surface area (Å²) in [6, 6.07) is 10.8. The normalized spacial score (nSPS) is 16.2. The molecule has 0 spiro atoms. The SMILES string of the molecule is CN1CCN(CCCNc2cc(Cl)ccc2Sc2ccc(C(F)(F)F)cc2)CC1. The molecule has 0 bridgehead atoms. The van der Waals surface area contributed by atoms with Crippen molar-refractivity contribution in [2.24, 2.45) is 0 Å². The minimum atomic E-state index is -4.32. The quantitative estimate of drug-likeness (QED) is 0.564. The van der Waals surface area contributed by atoms with Crippen molar-refractivity contribution in [3.05, 3.63) is 53.1 Å². The van der Waals surface area contributed by atoms with E-state index in [4.69, 9.17) is 11.6 Å². The van der Waals surface area contributed by atoms with Gasteiger partial charge in [-0.2, -0.15) is 13.2 Å². The predicted octanol–water partition coefficient (Wildman–Crippen LogP) is 5.56. The van der Waals surface area contributed by atoms with E-state index in [1.165, 1.54) is 23.9 Å². The van der Waals surface area contributed by atoms with Crippen LogP contribution in [0.15, 0.2) is 52.3 Å². The molecular formula is C21H25ClF3N3S. The van der Waals surface area contributed by atoms with Gasteiger partial charge in [0.05, 0.1) is 5.56 Å². The summed E-state index contributed by atoms with van der Waals surface area (Å²) in [5.74, 6) is 0. The summed E-state index contributed by atoms with van der Waals surface area (Å²) in [4.78, 5) is 6.50. The lowest BCUT2D eigenvalue weighted by molar-refractivity contribution is -0.137. The molecule has 1 heterocycles. The minimum absolute atomic E-state index is 0.628. The molecule has 1 aliphatic heterocycles. The molecule has 0 atom stereocenters. The first kappa shape index (κ1) is 22.3. The third-order valence-corrected chi connectivity index (χ3v) is 6.23. The number of hydrogen-bond donors (Lipinski definition) is 1. The Morgan fingerprint density at radius 3 is 2.38 bits per heavy atom. The number of hydrogen-bond acceptors (Lipinski definition) is 4. The molecular weight excluding hydrogens is 419 g/mol. The van der Waals surface area contributed by atoms with Crippen LogP contribution >= 0.6 is 23.4 Å². The first-order chi connectivity index (χ1) is 13.8. The maximum Gasteiger partial charge on any atom is 0.416 e. The summed E-state index contributed by atoms with van der Waals surface area (Å²) < 4.78 is 38.2. The van der Waals surface area contributed by atoms with E-state index in [1.54, 1.807) is 6.07 Å². The molecule has 3 nitrogen and oxygen atoms in total. The van der Waals surface area contributed by atoms with Crippen LogP contribution in [0.25, 0.3) is 0 Å². The van der Waals surface area contributed by atoms with Gasteiger partial charge in [-0.15, -0.1) is 0 Å². The standard InChI is InChI=1S/C21H25ClF3N3S/c1-27-11-13-28(14-12-27)10-2-9-26-19-15-17(22)5-8-20(19)29-18-6-3-16(4-7-18)21(23,24)25/h3-8,15,26H,2,9-14H2,1H3. The fourth-order valence-electron chi connectivity index (χ4n) is 3.17. The van der Waals surface area contributed by atoms with Crippen LogP contribution in [-0.4, -0.2) is 56.1 Å². The predicted molar refractivity (Wildman–Crippen MR) is 114 cm³/mol. The van der Waals surface area contributed by atoms with Crippen LogP contribution in [-0.2, 0) is 6.18 Å². The maximum absolute atomic E-state index is 12.7. The van der Waals surface area contributed by atoms with Crippen LogP contribution < -0.4 is 5.32 Å². The van der Waals surface area contributed by atoms with E-state index in [0.29, 0.717) is 5.02 Å². The van der Waals surface area contributed by atoms with Gasteiger partial charge in [0.1, 0.15) is 0 Å². The number of halogens is 4. The highest BCUT2D eigenvalue weighted by molar-refractivity contribution is 7.99. The van der Waals surface area contributed by atoms with Crippen LogP contribution in [0.3, 0.4) is 0 Å². The second-order valence-corrected chi connectivity index (χ2v) is 8.74. The lowest BCUT2D eigenvalue weighted by Crippen LogP contribution is -2.44. The van der Waals surface area contributed by atoms with Crippen LogP contribution in [0, 0.1) is 0 Å². The largest absolute Gasteiger partial charge is 0.416 e. The van der Waals surface area contributed by atoms with Gasteiger partial charge in [0, 0.05) is 53.2 Å². The monoisotopic (exact) mass is 443 g/mol. The molecule has 2 aromatic rings. The molecule has 0 aromatic heterocycles. The van der Waals surface area contributed by atoms with E-state index in [2.05, 4.69) is 22.2 Å². The first-order valence-corrected chi connectivity index (χ1v) is 10.8. The van der Waals surface area contributed by atoms with Crippen molar-refractivity contribution in [3.8, 4) is 0 Å². The summed E-state index contributed by atoms with van der Waals surface area (Å²) >= 11 is 7.58. The summed E-state index contributed by atoms with van der Waals surface area (Å²) in [6.45, 7) is 6.27. The molecule has 1 N–H and O–H groups in total. The Morgan fingerprint density at radius 2 is 1.72 bits per heavy atom. The topological polar surface area (TPSA) is 18.5 Å². The van der Waals surface area contributed by atoms with Crippen molar-refractivity contribution in [1.82, 2.24) is 9.80 Å². The highest BCUT2D eigenvalue weighted by Gasteiger charge is 2.30. The van der Waals surface area contributed by atoms with Gasteiger partial charge in [0.2, 0.25) is 0 Å². The molecule has 2 aromatic carbocycles. The number of piperazine rings is 1. The Balaban J connectivity index is 1.56. The summed E-state index contributed by atoms with van der Waals surface area (Å²) in [5.41, 5.74) is 0.265. The fourth-order valence-corrected chi connectivity index (χ4v) is 4.24. The first-order valence-electron chi connectivity index (χ1n) is 9.61. The van der Waals surface area contributed by atoms with E-state index >= 15 is 0 Å². The van der Waals surface area contributed by atoms with Crippen molar-refractivity contribution in [3.63, 3.8) is 0 Å². The smallest absolute Gasteiger partial charge is 0.384 e. The molecule has 0 saturated carbocycles. The minimum Gasteiger partial charge on any atom is -0.384 e. The van der Waals surface area contributed by atoms with Gasteiger partial charge in [0.15, 0.2) is 0 Å². The average molecular weight is 444 g/mol. The number of likely N-dealkylation sites (N-methyl/N-ethyl adjacent to an activating group) is 1. The molecule has 0 radical (unpaired) electrons.